The summed E-state index contributed by atoms with van der Waals surface area (Å²) >= 11 is 0. The molecule has 0 bridgehead atoms. The third-order valence-corrected chi connectivity index (χ3v) is 3.98. The standard InChI is InChI=1S/C7H8.C6H11NO4S/c1-7-5-3-2-4-6-7;1-2-5(7)12(10,11)4-3-6(8)9/h2-6H,1H3;2,5H,1,3-4,7H2,(H,8,9). The van der Waals surface area contributed by atoms with Crippen molar-refractivity contribution in [3.8, 4) is 0 Å². The Hall–Kier alpha value is -1.66. The van der Waals surface area contributed by atoms with Gasteiger partial charge in [-0.15, -0.1) is 6.58 Å². The summed E-state index contributed by atoms with van der Waals surface area (Å²) in [5.74, 6) is -1.61. The van der Waals surface area contributed by atoms with Gasteiger partial charge in [0.05, 0.1) is 12.2 Å². The molecule has 6 heteroatoms. The van der Waals surface area contributed by atoms with E-state index in [0.29, 0.717) is 0 Å². The number of hydrogen-bond donors (Lipinski definition) is 2. The van der Waals surface area contributed by atoms with Gasteiger partial charge < -0.3 is 10.8 Å². The molecule has 1 unspecified atom stereocenters. The van der Waals surface area contributed by atoms with Gasteiger partial charge in [0.25, 0.3) is 0 Å². The van der Waals surface area contributed by atoms with Crippen LogP contribution in [0.2, 0.25) is 0 Å². The van der Waals surface area contributed by atoms with E-state index in [1.54, 1.807) is 0 Å². The Balaban J connectivity index is 0.000000388. The maximum Gasteiger partial charge on any atom is 0.304 e. The highest BCUT2D eigenvalue weighted by Crippen LogP contribution is 1.99. The number of carbonyl (C=O) groups is 1. The van der Waals surface area contributed by atoms with Gasteiger partial charge in [0.1, 0.15) is 5.37 Å². The zero-order valence-electron chi connectivity index (χ0n) is 10.8. The molecule has 0 aliphatic rings. The Labute approximate surface area is 113 Å². The Morgan fingerprint density at radius 1 is 1.42 bits per heavy atom. The first-order chi connectivity index (χ1) is 8.79. The molecule has 0 saturated carbocycles. The molecular formula is C13H19NO4S. The molecule has 0 heterocycles. The molecule has 106 valence electrons. The maximum atomic E-state index is 11.0. The number of hydrogen-bond acceptors (Lipinski definition) is 4. The molecule has 0 spiro atoms. The number of rotatable bonds is 5. The fourth-order valence-electron chi connectivity index (χ4n) is 1.05. The first kappa shape index (κ1) is 17.3. The van der Waals surface area contributed by atoms with Crippen LogP contribution in [0.4, 0.5) is 0 Å². The Bertz CT molecular complexity index is 497. The van der Waals surface area contributed by atoms with Gasteiger partial charge in [-0.3, -0.25) is 4.79 Å². The van der Waals surface area contributed by atoms with Gasteiger partial charge in [0, 0.05) is 0 Å². The molecule has 0 saturated heterocycles. The van der Waals surface area contributed by atoms with Crippen LogP contribution in [-0.2, 0) is 14.6 Å². The van der Waals surface area contributed by atoms with E-state index < -0.39 is 33.4 Å². The Kier molecular flexibility index (Phi) is 7.71. The maximum absolute atomic E-state index is 11.0. The second-order valence-electron chi connectivity index (χ2n) is 3.87. The minimum Gasteiger partial charge on any atom is -0.481 e. The second-order valence-corrected chi connectivity index (χ2v) is 6.14. The summed E-state index contributed by atoms with van der Waals surface area (Å²) in [5, 5.41) is 7.03. The van der Waals surface area contributed by atoms with Gasteiger partial charge in [0.15, 0.2) is 9.84 Å². The molecule has 1 aromatic carbocycles. The average molecular weight is 285 g/mol. The van der Waals surface area contributed by atoms with Gasteiger partial charge in [-0.1, -0.05) is 42.0 Å². The summed E-state index contributed by atoms with van der Waals surface area (Å²) in [6.07, 6.45) is 0.640. The number of carboxylic acid groups (broad SMARTS) is 1. The highest BCUT2D eigenvalue weighted by atomic mass is 32.2. The zero-order valence-corrected chi connectivity index (χ0v) is 11.6. The Morgan fingerprint density at radius 2 is 1.95 bits per heavy atom. The van der Waals surface area contributed by atoms with E-state index in [-0.39, 0.29) is 0 Å². The van der Waals surface area contributed by atoms with Gasteiger partial charge in [-0.25, -0.2) is 8.42 Å². The molecule has 1 atom stereocenters. The molecule has 5 nitrogen and oxygen atoms in total. The van der Waals surface area contributed by atoms with Crippen molar-refractivity contribution in [3.05, 3.63) is 48.6 Å². The third kappa shape index (κ3) is 8.12. The van der Waals surface area contributed by atoms with Crippen LogP contribution in [0.3, 0.4) is 0 Å². The van der Waals surface area contributed by atoms with E-state index in [0.717, 1.165) is 6.08 Å². The molecule has 1 aromatic rings. The number of benzene rings is 1. The summed E-state index contributed by atoms with van der Waals surface area (Å²) in [4.78, 5) is 10.0. The number of carboxylic acids is 1. The van der Waals surface area contributed by atoms with E-state index in [2.05, 4.69) is 25.6 Å². The van der Waals surface area contributed by atoms with E-state index in [1.165, 1.54) is 5.56 Å². The molecule has 0 radical (unpaired) electrons. The summed E-state index contributed by atoms with van der Waals surface area (Å²) in [7, 11) is -3.53. The van der Waals surface area contributed by atoms with Crippen molar-refractivity contribution >= 4 is 15.8 Å². The van der Waals surface area contributed by atoms with Crippen LogP contribution in [0.15, 0.2) is 43.0 Å². The quantitative estimate of drug-likeness (QED) is 0.796. The fourth-order valence-corrected chi connectivity index (χ4v) is 2.07. The lowest BCUT2D eigenvalue weighted by Crippen LogP contribution is -2.31. The van der Waals surface area contributed by atoms with E-state index >= 15 is 0 Å². The van der Waals surface area contributed by atoms with Crippen molar-refractivity contribution in [1.29, 1.82) is 0 Å². The zero-order chi connectivity index (χ0) is 14.9. The number of aryl methyl sites for hydroxylation is 1. The second kappa shape index (κ2) is 8.44. The van der Waals surface area contributed by atoms with Crippen LogP contribution >= 0.6 is 0 Å². The molecule has 0 aliphatic heterocycles. The third-order valence-electron chi connectivity index (χ3n) is 2.19. The van der Waals surface area contributed by atoms with Crippen LogP contribution in [0.1, 0.15) is 12.0 Å². The molecule has 3 N–H and O–H groups in total. The summed E-state index contributed by atoms with van der Waals surface area (Å²) in [6.45, 7) is 5.29. The summed E-state index contributed by atoms with van der Waals surface area (Å²) in [5.41, 5.74) is 6.46. The predicted molar refractivity (Wildman–Crippen MR) is 75.4 cm³/mol. The lowest BCUT2D eigenvalue weighted by molar-refractivity contribution is -0.136. The van der Waals surface area contributed by atoms with Gasteiger partial charge in [-0.2, -0.15) is 0 Å². The van der Waals surface area contributed by atoms with Gasteiger partial charge >= 0.3 is 5.97 Å². The highest BCUT2D eigenvalue weighted by Gasteiger charge is 2.18. The van der Waals surface area contributed by atoms with E-state index in [9.17, 15) is 13.2 Å². The number of nitrogens with two attached hydrogens (primary N) is 1. The first-order valence-electron chi connectivity index (χ1n) is 5.62. The number of sulfone groups is 1. The first-order valence-corrected chi connectivity index (χ1v) is 7.34. The van der Waals surface area contributed by atoms with Crippen LogP contribution < -0.4 is 5.73 Å². The lowest BCUT2D eigenvalue weighted by Gasteiger charge is -2.05. The summed E-state index contributed by atoms with van der Waals surface area (Å²) in [6, 6.07) is 10.3. The van der Waals surface area contributed by atoms with Crippen molar-refractivity contribution in [1.82, 2.24) is 0 Å². The molecule has 0 fully saturated rings. The van der Waals surface area contributed by atoms with Gasteiger partial charge in [-0.05, 0) is 6.92 Å². The Morgan fingerprint density at radius 3 is 2.26 bits per heavy atom. The predicted octanol–water partition coefficient (Wildman–Crippen LogP) is 1.34. The molecule has 1 rings (SSSR count). The highest BCUT2D eigenvalue weighted by molar-refractivity contribution is 7.92. The van der Waals surface area contributed by atoms with Crippen LogP contribution in [-0.4, -0.2) is 30.6 Å². The van der Waals surface area contributed by atoms with E-state index in [1.807, 2.05) is 18.2 Å². The van der Waals surface area contributed by atoms with E-state index in [4.69, 9.17) is 10.8 Å². The topological polar surface area (TPSA) is 97.5 Å². The average Bonchev–Trinajstić information content (AvgIpc) is 2.37. The lowest BCUT2D eigenvalue weighted by atomic mass is 10.2. The largest absolute Gasteiger partial charge is 0.481 e. The molecule has 0 amide bonds. The normalized spacial score (nSPS) is 11.9. The SMILES string of the molecule is C=CC(N)S(=O)(=O)CCC(=O)O.Cc1ccccc1. The van der Waals surface area contributed by atoms with Crippen molar-refractivity contribution in [2.75, 3.05) is 5.75 Å². The monoisotopic (exact) mass is 285 g/mol. The summed E-state index contributed by atoms with van der Waals surface area (Å²) < 4.78 is 22.0. The van der Waals surface area contributed by atoms with Crippen molar-refractivity contribution < 1.29 is 18.3 Å². The van der Waals surface area contributed by atoms with Gasteiger partial charge in [0.2, 0.25) is 0 Å². The smallest absolute Gasteiger partial charge is 0.304 e. The number of aliphatic carboxylic acids is 1. The van der Waals surface area contributed by atoms with Crippen molar-refractivity contribution in [2.24, 2.45) is 5.73 Å². The van der Waals surface area contributed by atoms with Crippen molar-refractivity contribution in [2.45, 2.75) is 18.7 Å². The van der Waals surface area contributed by atoms with Crippen LogP contribution in [0.5, 0.6) is 0 Å². The molecule has 19 heavy (non-hydrogen) atoms. The van der Waals surface area contributed by atoms with Crippen LogP contribution in [0, 0.1) is 6.92 Å². The van der Waals surface area contributed by atoms with Crippen LogP contribution in [0.25, 0.3) is 0 Å². The molecule has 0 aliphatic carbocycles. The minimum atomic E-state index is -3.53. The molecular weight excluding hydrogens is 266 g/mol. The minimum absolute atomic E-state index is 0.427. The van der Waals surface area contributed by atoms with Crippen molar-refractivity contribution in [3.63, 3.8) is 0 Å². The fraction of sp³-hybridized carbons (Fsp3) is 0.308. The molecule has 0 aromatic heterocycles.